The third-order valence-electron chi connectivity index (χ3n) is 5.20. The van der Waals surface area contributed by atoms with Crippen molar-refractivity contribution in [2.45, 2.75) is 31.9 Å². The number of hydrogen-bond acceptors (Lipinski definition) is 7. The number of nitrogens with zero attached hydrogens (tertiary/aromatic N) is 5. The van der Waals surface area contributed by atoms with Crippen LogP contribution in [-0.4, -0.2) is 56.3 Å². The molecule has 162 valence electrons. The fraction of sp³-hybridized carbons (Fsp3) is 0.333. The first kappa shape index (κ1) is 20.6. The number of halogens is 1. The summed E-state index contributed by atoms with van der Waals surface area (Å²) in [6.45, 7) is 1.42. The van der Waals surface area contributed by atoms with Crippen molar-refractivity contribution in [3.8, 4) is 17.3 Å². The quantitative estimate of drug-likeness (QED) is 0.645. The molecule has 2 N–H and O–H groups in total. The summed E-state index contributed by atoms with van der Waals surface area (Å²) in [6.07, 6.45) is 5.94. The molecule has 2 atom stereocenters. The van der Waals surface area contributed by atoms with E-state index >= 15 is 0 Å². The second kappa shape index (κ2) is 8.99. The Morgan fingerprint density at radius 3 is 2.74 bits per heavy atom. The van der Waals surface area contributed by atoms with E-state index in [2.05, 4.69) is 15.2 Å². The van der Waals surface area contributed by atoms with Gasteiger partial charge in [0.05, 0.1) is 24.5 Å². The number of amides is 1. The molecule has 0 aliphatic carbocycles. The molecule has 3 aromatic rings. The number of hydrogen-bond donors (Lipinski definition) is 1. The smallest absolute Gasteiger partial charge is 0.256 e. The Labute approximate surface area is 178 Å². The lowest BCUT2D eigenvalue weighted by Crippen LogP contribution is -2.49. The first-order chi connectivity index (χ1) is 15.0. The number of carbonyl (C=O) groups excluding carboxylic acids is 1. The third-order valence-corrected chi connectivity index (χ3v) is 5.20. The van der Waals surface area contributed by atoms with E-state index in [9.17, 15) is 9.18 Å². The lowest BCUT2D eigenvalue weighted by atomic mass is 9.99. The minimum absolute atomic E-state index is 0.0151. The fourth-order valence-electron chi connectivity index (χ4n) is 3.62. The number of pyridine rings is 1. The summed E-state index contributed by atoms with van der Waals surface area (Å²) in [5.74, 6) is 0.522. The lowest BCUT2D eigenvalue weighted by Gasteiger charge is -2.38. The van der Waals surface area contributed by atoms with Crippen molar-refractivity contribution in [1.29, 1.82) is 0 Å². The van der Waals surface area contributed by atoms with Gasteiger partial charge in [-0.1, -0.05) is 0 Å². The van der Waals surface area contributed by atoms with E-state index in [0.29, 0.717) is 29.4 Å². The normalized spacial score (nSPS) is 18.6. The summed E-state index contributed by atoms with van der Waals surface area (Å²) >= 11 is 0. The van der Waals surface area contributed by atoms with Crippen molar-refractivity contribution in [3.05, 3.63) is 54.5 Å². The standard InChI is InChI=1S/C21H23FN6O3/c1-14-2-3-17(31-20-10-15(23)6-7-24-20)12-27(14)21(29)18-5-4-16(30-13-22)11-19(18)28-25-8-9-26-28/h4-11,14,17H,2-3,12-13H2,1H3,(H2,23,24)/t14-,17-/m1/s1. The van der Waals surface area contributed by atoms with Crippen molar-refractivity contribution < 1.29 is 18.7 Å². The first-order valence-electron chi connectivity index (χ1n) is 9.94. The molecule has 10 heteroatoms. The van der Waals surface area contributed by atoms with Gasteiger partial charge in [0.25, 0.3) is 5.91 Å². The minimum atomic E-state index is -0.973. The van der Waals surface area contributed by atoms with E-state index in [4.69, 9.17) is 15.2 Å². The maximum absolute atomic E-state index is 13.5. The molecule has 4 rings (SSSR count). The molecule has 3 heterocycles. The van der Waals surface area contributed by atoms with Crippen LogP contribution in [0.1, 0.15) is 30.1 Å². The van der Waals surface area contributed by atoms with Gasteiger partial charge in [-0.25, -0.2) is 9.37 Å². The van der Waals surface area contributed by atoms with Gasteiger partial charge in [-0.3, -0.25) is 4.79 Å². The van der Waals surface area contributed by atoms with Crippen molar-refractivity contribution >= 4 is 11.6 Å². The molecule has 0 radical (unpaired) electrons. The fourth-order valence-corrected chi connectivity index (χ4v) is 3.62. The second-order valence-electron chi connectivity index (χ2n) is 7.30. The molecule has 1 amide bonds. The number of rotatable bonds is 6. The van der Waals surface area contributed by atoms with Crippen LogP contribution in [-0.2, 0) is 0 Å². The maximum Gasteiger partial charge on any atom is 0.256 e. The van der Waals surface area contributed by atoms with Gasteiger partial charge in [0.1, 0.15) is 17.5 Å². The molecule has 1 saturated heterocycles. The molecule has 0 unspecified atom stereocenters. The molecule has 1 aromatic carbocycles. The van der Waals surface area contributed by atoms with Crippen LogP contribution >= 0.6 is 0 Å². The Bertz CT molecular complexity index is 1050. The van der Waals surface area contributed by atoms with Crippen LogP contribution in [0.25, 0.3) is 5.69 Å². The summed E-state index contributed by atoms with van der Waals surface area (Å²) < 4.78 is 23.6. The van der Waals surface area contributed by atoms with E-state index in [0.717, 1.165) is 12.8 Å². The summed E-state index contributed by atoms with van der Waals surface area (Å²) in [5.41, 5.74) is 7.16. The highest BCUT2D eigenvalue weighted by Crippen LogP contribution is 2.27. The van der Waals surface area contributed by atoms with Crippen molar-refractivity contribution in [2.24, 2.45) is 0 Å². The molecule has 1 aliphatic rings. The Hall–Kier alpha value is -3.69. The van der Waals surface area contributed by atoms with E-state index in [-0.39, 0.29) is 23.8 Å². The Balaban J connectivity index is 1.59. The minimum Gasteiger partial charge on any atom is -0.472 e. The van der Waals surface area contributed by atoms with Crippen LogP contribution in [0.15, 0.2) is 48.9 Å². The number of carbonyl (C=O) groups is 1. The van der Waals surface area contributed by atoms with Crippen LogP contribution in [0.2, 0.25) is 0 Å². The maximum atomic E-state index is 13.5. The van der Waals surface area contributed by atoms with Gasteiger partial charge in [-0.05, 0) is 38.0 Å². The first-order valence-corrected chi connectivity index (χ1v) is 9.94. The largest absolute Gasteiger partial charge is 0.472 e. The molecule has 1 aliphatic heterocycles. The van der Waals surface area contributed by atoms with Crippen LogP contribution in [0, 0.1) is 0 Å². The molecular formula is C21H23FN6O3. The van der Waals surface area contributed by atoms with E-state index in [1.807, 2.05) is 6.92 Å². The van der Waals surface area contributed by atoms with Gasteiger partial charge < -0.3 is 20.1 Å². The van der Waals surface area contributed by atoms with E-state index in [1.165, 1.54) is 17.2 Å². The summed E-state index contributed by atoms with van der Waals surface area (Å²) in [4.78, 5) is 20.8. The van der Waals surface area contributed by atoms with Crippen molar-refractivity contribution in [1.82, 2.24) is 24.9 Å². The Kier molecular flexibility index (Phi) is 5.96. The number of likely N-dealkylation sites (tertiary alicyclic amines) is 1. The van der Waals surface area contributed by atoms with Gasteiger partial charge in [0.2, 0.25) is 12.7 Å². The second-order valence-corrected chi connectivity index (χ2v) is 7.30. The molecule has 0 saturated carbocycles. The Morgan fingerprint density at radius 1 is 1.19 bits per heavy atom. The molecular weight excluding hydrogens is 403 g/mol. The summed E-state index contributed by atoms with van der Waals surface area (Å²) in [5, 5.41) is 8.23. The molecule has 2 aromatic heterocycles. The average molecular weight is 426 g/mol. The van der Waals surface area contributed by atoms with Crippen LogP contribution < -0.4 is 15.2 Å². The van der Waals surface area contributed by atoms with Gasteiger partial charge in [0.15, 0.2) is 0 Å². The zero-order valence-corrected chi connectivity index (χ0v) is 17.0. The highest BCUT2D eigenvalue weighted by atomic mass is 19.1. The van der Waals surface area contributed by atoms with Crippen molar-refractivity contribution in [3.63, 3.8) is 0 Å². The molecule has 0 bridgehead atoms. The topological polar surface area (TPSA) is 108 Å². The summed E-state index contributed by atoms with van der Waals surface area (Å²) in [6, 6.07) is 8.07. The average Bonchev–Trinajstić information content (AvgIpc) is 3.30. The van der Waals surface area contributed by atoms with Crippen LogP contribution in [0.5, 0.6) is 11.6 Å². The Morgan fingerprint density at radius 2 is 2.00 bits per heavy atom. The lowest BCUT2D eigenvalue weighted by molar-refractivity contribution is 0.0373. The van der Waals surface area contributed by atoms with Gasteiger partial charge in [-0.2, -0.15) is 15.0 Å². The molecule has 9 nitrogen and oxygen atoms in total. The zero-order valence-electron chi connectivity index (χ0n) is 17.0. The molecule has 31 heavy (non-hydrogen) atoms. The highest BCUT2D eigenvalue weighted by molar-refractivity contribution is 5.98. The van der Waals surface area contributed by atoms with Gasteiger partial charge >= 0.3 is 0 Å². The molecule has 1 fully saturated rings. The number of anilines is 1. The van der Waals surface area contributed by atoms with Crippen molar-refractivity contribution in [2.75, 3.05) is 19.1 Å². The van der Waals surface area contributed by atoms with Crippen LogP contribution in [0.3, 0.4) is 0 Å². The van der Waals surface area contributed by atoms with E-state index in [1.54, 1.807) is 41.4 Å². The van der Waals surface area contributed by atoms with E-state index < -0.39 is 6.86 Å². The number of nitrogen functional groups attached to an aromatic ring is 1. The summed E-state index contributed by atoms with van der Waals surface area (Å²) in [7, 11) is 0. The number of alkyl halides is 1. The number of ether oxygens (including phenoxy) is 2. The number of aromatic nitrogens is 4. The highest BCUT2D eigenvalue weighted by Gasteiger charge is 2.32. The SMILES string of the molecule is C[C@@H]1CC[C@@H](Oc2cc(N)ccn2)CN1C(=O)c1ccc(OCF)cc1-n1nccn1. The number of nitrogens with two attached hydrogens (primary N) is 1. The number of piperidine rings is 1. The monoisotopic (exact) mass is 426 g/mol. The molecule has 0 spiro atoms. The van der Waals surface area contributed by atoms with Gasteiger partial charge in [-0.15, -0.1) is 0 Å². The third kappa shape index (κ3) is 4.57. The predicted octanol–water partition coefficient (Wildman–Crippen LogP) is 2.62. The van der Waals surface area contributed by atoms with Gasteiger partial charge in [0, 0.05) is 30.1 Å². The number of benzene rings is 1. The zero-order chi connectivity index (χ0) is 21.8. The van der Waals surface area contributed by atoms with Crippen LogP contribution in [0.4, 0.5) is 10.1 Å². The predicted molar refractivity (Wildman–Crippen MR) is 111 cm³/mol.